The van der Waals surface area contributed by atoms with E-state index in [-0.39, 0.29) is 22.8 Å². The molecule has 0 bridgehead atoms. The molecule has 2 aliphatic rings. The second-order valence-electron chi connectivity index (χ2n) is 7.16. The van der Waals surface area contributed by atoms with Gasteiger partial charge in [-0.2, -0.15) is 5.10 Å². The van der Waals surface area contributed by atoms with E-state index in [0.717, 1.165) is 22.4 Å². The van der Waals surface area contributed by atoms with Crippen LogP contribution in [-0.2, 0) is 27.7 Å². The number of sulfonamides is 1. The molecule has 4 rings (SSSR count). The van der Waals surface area contributed by atoms with Crippen LogP contribution >= 0.6 is 0 Å². The van der Waals surface area contributed by atoms with Crippen molar-refractivity contribution in [2.45, 2.75) is 37.1 Å². The number of benzene rings is 2. The van der Waals surface area contributed by atoms with Gasteiger partial charge in [-0.25, -0.2) is 18.6 Å². The predicted molar refractivity (Wildman–Crippen MR) is 103 cm³/mol. The lowest BCUT2D eigenvalue weighted by Gasteiger charge is -2.19. The summed E-state index contributed by atoms with van der Waals surface area (Å²) in [7, 11) is -3.53. The highest BCUT2D eigenvalue weighted by Gasteiger charge is 2.28. The maximum Gasteiger partial charge on any atom is 0.240 e. The lowest BCUT2D eigenvalue weighted by atomic mass is 9.92. The van der Waals surface area contributed by atoms with Gasteiger partial charge < -0.3 is 0 Å². The first kappa shape index (κ1) is 17.9. The molecule has 2 aromatic carbocycles. The molecule has 6 nitrogen and oxygen atoms in total. The summed E-state index contributed by atoms with van der Waals surface area (Å²) in [6.45, 7) is 1.99. The zero-order valence-electron chi connectivity index (χ0n) is 15.0. The predicted octanol–water partition coefficient (Wildman–Crippen LogP) is 1.99. The highest BCUT2D eigenvalue weighted by molar-refractivity contribution is 7.89. The molecule has 7 heteroatoms. The molecular formula is C20H21N3O3S. The fraction of sp³-hybridized carbons (Fsp3) is 0.300. The van der Waals surface area contributed by atoms with E-state index in [0.29, 0.717) is 19.3 Å². The molecule has 2 atom stereocenters. The van der Waals surface area contributed by atoms with Gasteiger partial charge in [-0.15, -0.1) is 0 Å². The molecule has 0 spiro atoms. The quantitative estimate of drug-likeness (QED) is 0.846. The first-order valence-corrected chi connectivity index (χ1v) is 10.5. The minimum Gasteiger partial charge on any atom is -0.273 e. The Morgan fingerprint density at radius 3 is 2.52 bits per heavy atom. The SMILES string of the molecule is CC1CC(=O)NN=C1c1ccc2c(c1)CC(NS(=O)(=O)c1ccccc1)C2. The number of nitrogens with zero attached hydrogens (tertiary/aromatic N) is 1. The Hall–Kier alpha value is -2.51. The molecule has 0 saturated carbocycles. The standard InChI is InChI=1S/C20H21N3O3S/c1-13-9-19(24)21-22-20(13)15-8-7-14-11-17(12-16(14)10-15)23-27(25,26)18-5-3-2-4-6-18/h2-8,10,13,17,23H,9,11-12H2,1H3,(H,21,24). The van der Waals surface area contributed by atoms with Crippen LogP contribution in [0.2, 0.25) is 0 Å². The van der Waals surface area contributed by atoms with Crippen molar-refractivity contribution in [1.82, 2.24) is 10.1 Å². The number of hydrogen-bond acceptors (Lipinski definition) is 4. The van der Waals surface area contributed by atoms with Gasteiger partial charge in [0.25, 0.3) is 0 Å². The van der Waals surface area contributed by atoms with Crippen molar-refractivity contribution >= 4 is 21.6 Å². The summed E-state index contributed by atoms with van der Waals surface area (Å²) in [5.41, 5.74) is 6.66. The van der Waals surface area contributed by atoms with Crippen molar-refractivity contribution in [2.24, 2.45) is 11.0 Å². The van der Waals surface area contributed by atoms with E-state index in [4.69, 9.17) is 0 Å². The molecular weight excluding hydrogens is 362 g/mol. The topological polar surface area (TPSA) is 87.6 Å². The molecule has 2 N–H and O–H groups in total. The third kappa shape index (κ3) is 3.65. The number of amides is 1. The molecule has 2 aromatic rings. The van der Waals surface area contributed by atoms with Crippen LogP contribution in [0.15, 0.2) is 58.5 Å². The van der Waals surface area contributed by atoms with E-state index in [2.05, 4.69) is 21.3 Å². The summed E-state index contributed by atoms with van der Waals surface area (Å²) < 4.78 is 27.9. The molecule has 1 aliphatic heterocycles. The first-order chi connectivity index (χ1) is 12.9. The normalized spacial score (nSPS) is 22.1. The Kier molecular flexibility index (Phi) is 4.57. The van der Waals surface area contributed by atoms with E-state index in [1.165, 1.54) is 0 Å². The number of rotatable bonds is 4. The Labute approximate surface area is 158 Å². The van der Waals surface area contributed by atoms with Crippen LogP contribution in [0, 0.1) is 5.92 Å². The zero-order valence-corrected chi connectivity index (χ0v) is 15.8. The van der Waals surface area contributed by atoms with Crippen LogP contribution in [-0.4, -0.2) is 26.1 Å². The lowest BCUT2D eigenvalue weighted by molar-refractivity contribution is -0.121. The molecule has 0 saturated heterocycles. The average molecular weight is 383 g/mol. The van der Waals surface area contributed by atoms with Crippen molar-refractivity contribution in [2.75, 3.05) is 0 Å². The van der Waals surface area contributed by atoms with Crippen molar-refractivity contribution < 1.29 is 13.2 Å². The lowest BCUT2D eigenvalue weighted by Crippen LogP contribution is -2.35. The fourth-order valence-corrected chi connectivity index (χ4v) is 5.01. The largest absolute Gasteiger partial charge is 0.273 e. The summed E-state index contributed by atoms with van der Waals surface area (Å²) in [6, 6.07) is 14.4. The van der Waals surface area contributed by atoms with Crippen molar-refractivity contribution in [3.8, 4) is 0 Å². The van der Waals surface area contributed by atoms with Gasteiger partial charge in [0.2, 0.25) is 15.9 Å². The smallest absolute Gasteiger partial charge is 0.240 e. The number of hydrazone groups is 1. The van der Waals surface area contributed by atoms with E-state index in [9.17, 15) is 13.2 Å². The van der Waals surface area contributed by atoms with Gasteiger partial charge in [-0.3, -0.25) is 4.79 Å². The summed E-state index contributed by atoms with van der Waals surface area (Å²) in [5, 5.41) is 4.21. The third-order valence-electron chi connectivity index (χ3n) is 5.07. The van der Waals surface area contributed by atoms with Crippen molar-refractivity contribution in [1.29, 1.82) is 0 Å². The minimum atomic E-state index is -3.53. The highest BCUT2D eigenvalue weighted by Crippen LogP contribution is 2.27. The molecule has 27 heavy (non-hydrogen) atoms. The molecule has 140 valence electrons. The molecule has 1 aliphatic carbocycles. The number of carbonyl (C=O) groups is 1. The summed E-state index contributed by atoms with van der Waals surface area (Å²) >= 11 is 0. The number of carbonyl (C=O) groups excluding carboxylic acids is 1. The van der Waals surface area contributed by atoms with Gasteiger partial charge >= 0.3 is 0 Å². The Morgan fingerprint density at radius 1 is 1.04 bits per heavy atom. The summed E-state index contributed by atoms with van der Waals surface area (Å²) in [6.07, 6.45) is 1.74. The minimum absolute atomic E-state index is 0.0607. The van der Waals surface area contributed by atoms with Crippen LogP contribution < -0.4 is 10.1 Å². The molecule has 1 heterocycles. The highest BCUT2D eigenvalue weighted by atomic mass is 32.2. The van der Waals surface area contributed by atoms with Crippen molar-refractivity contribution in [3.05, 3.63) is 65.2 Å². The van der Waals surface area contributed by atoms with Gasteiger partial charge in [0.1, 0.15) is 0 Å². The van der Waals surface area contributed by atoms with Crippen LogP contribution in [0.25, 0.3) is 0 Å². The Bertz CT molecular complexity index is 1020. The van der Waals surface area contributed by atoms with Gasteiger partial charge in [0, 0.05) is 18.4 Å². The van der Waals surface area contributed by atoms with Gasteiger partial charge in [-0.1, -0.05) is 37.3 Å². The number of nitrogens with one attached hydrogen (secondary N) is 2. The van der Waals surface area contributed by atoms with Crippen LogP contribution in [0.3, 0.4) is 0 Å². The van der Waals surface area contributed by atoms with Gasteiger partial charge in [0.05, 0.1) is 10.6 Å². The maximum absolute atomic E-state index is 12.6. The molecule has 0 fully saturated rings. The average Bonchev–Trinajstić information content (AvgIpc) is 3.03. The second kappa shape index (κ2) is 6.90. The van der Waals surface area contributed by atoms with E-state index in [1.807, 2.05) is 19.1 Å². The molecule has 0 aromatic heterocycles. The Morgan fingerprint density at radius 2 is 1.78 bits per heavy atom. The third-order valence-corrected chi connectivity index (χ3v) is 6.61. The summed E-state index contributed by atoms with van der Waals surface area (Å²) in [5.74, 6) is -0.00613. The van der Waals surface area contributed by atoms with Gasteiger partial charge in [0.15, 0.2) is 0 Å². The maximum atomic E-state index is 12.6. The fourth-order valence-electron chi connectivity index (χ4n) is 3.75. The van der Waals surface area contributed by atoms with Gasteiger partial charge in [-0.05, 0) is 47.7 Å². The van der Waals surface area contributed by atoms with E-state index >= 15 is 0 Å². The molecule has 0 radical (unpaired) electrons. The van der Waals surface area contributed by atoms with Crippen LogP contribution in [0.1, 0.15) is 30.0 Å². The molecule has 2 unspecified atom stereocenters. The second-order valence-corrected chi connectivity index (χ2v) is 8.87. The Balaban J connectivity index is 1.52. The summed E-state index contributed by atoms with van der Waals surface area (Å²) in [4.78, 5) is 11.7. The number of fused-ring (bicyclic) bond motifs is 1. The monoisotopic (exact) mass is 383 g/mol. The van der Waals surface area contributed by atoms with Crippen molar-refractivity contribution in [3.63, 3.8) is 0 Å². The van der Waals surface area contributed by atoms with Crippen LogP contribution in [0.5, 0.6) is 0 Å². The van der Waals surface area contributed by atoms with E-state index < -0.39 is 10.0 Å². The van der Waals surface area contributed by atoms with Crippen LogP contribution in [0.4, 0.5) is 0 Å². The first-order valence-electron chi connectivity index (χ1n) is 8.98. The molecule has 1 amide bonds. The van der Waals surface area contributed by atoms with E-state index in [1.54, 1.807) is 30.3 Å². The number of hydrogen-bond donors (Lipinski definition) is 2. The zero-order chi connectivity index (χ0) is 19.0.